The first-order valence-corrected chi connectivity index (χ1v) is 7.74. The average Bonchev–Trinajstić information content (AvgIpc) is 2.49. The van der Waals surface area contributed by atoms with Crippen LogP contribution in [0.25, 0.3) is 0 Å². The third kappa shape index (κ3) is 5.39. The zero-order valence-corrected chi connectivity index (χ0v) is 14.3. The van der Waals surface area contributed by atoms with Gasteiger partial charge in [-0.05, 0) is 31.5 Å². The fourth-order valence-electron chi connectivity index (χ4n) is 1.88. The molecule has 0 aliphatic carbocycles. The number of nitrogens with one attached hydrogen (secondary N) is 2. The van der Waals surface area contributed by atoms with Crippen LogP contribution in [0.2, 0.25) is 10.0 Å². The van der Waals surface area contributed by atoms with Crippen LogP contribution in [0.5, 0.6) is 0 Å². The van der Waals surface area contributed by atoms with Gasteiger partial charge in [-0.3, -0.25) is 4.79 Å². The Morgan fingerprint density at radius 3 is 2.50 bits per heavy atom. The van der Waals surface area contributed by atoms with Crippen molar-refractivity contribution in [2.45, 2.75) is 38.8 Å². The van der Waals surface area contributed by atoms with Gasteiger partial charge in [0.2, 0.25) is 5.91 Å². The maximum atomic E-state index is 12.2. The summed E-state index contributed by atoms with van der Waals surface area (Å²) in [6, 6.07) is 3.83. The molecule has 0 saturated carbocycles. The van der Waals surface area contributed by atoms with Crippen LogP contribution in [0.15, 0.2) is 18.2 Å². The maximum Gasteiger partial charge on any atom is 0.328 e. The number of carbonyl (C=O) groups is 2. The van der Waals surface area contributed by atoms with Gasteiger partial charge in [0.05, 0.1) is 17.2 Å². The molecule has 0 saturated heterocycles. The van der Waals surface area contributed by atoms with Gasteiger partial charge < -0.3 is 15.4 Å². The highest BCUT2D eigenvalue weighted by Gasteiger charge is 2.23. The molecule has 1 amide bonds. The highest BCUT2D eigenvalue weighted by atomic mass is 35.5. The molecule has 5 nitrogen and oxygen atoms in total. The molecule has 0 radical (unpaired) electrons. The van der Waals surface area contributed by atoms with Gasteiger partial charge in [0.15, 0.2) is 0 Å². The van der Waals surface area contributed by atoms with E-state index in [1.807, 2.05) is 6.92 Å². The number of carbonyl (C=O) groups excluding carboxylic acids is 2. The molecule has 122 valence electrons. The van der Waals surface area contributed by atoms with Crippen molar-refractivity contribution in [3.05, 3.63) is 28.2 Å². The number of rotatable bonds is 7. The molecule has 1 aromatic rings. The number of benzene rings is 1. The molecule has 1 rings (SSSR count). The second-order valence-corrected chi connectivity index (χ2v) is 5.68. The van der Waals surface area contributed by atoms with Gasteiger partial charge in [0.25, 0.3) is 0 Å². The van der Waals surface area contributed by atoms with E-state index in [1.165, 1.54) is 7.11 Å². The second-order valence-electron chi connectivity index (χ2n) is 4.87. The summed E-state index contributed by atoms with van der Waals surface area (Å²) < 4.78 is 4.69. The number of methoxy groups -OCH3 is 1. The molecule has 0 aliphatic heterocycles. The summed E-state index contributed by atoms with van der Waals surface area (Å²) in [7, 11) is 1.30. The monoisotopic (exact) mass is 346 g/mol. The first-order chi connectivity index (χ1) is 10.4. The maximum absolute atomic E-state index is 12.2. The Kier molecular flexibility index (Phi) is 7.48. The number of hydrogen-bond acceptors (Lipinski definition) is 4. The Morgan fingerprint density at radius 1 is 1.27 bits per heavy atom. The fourth-order valence-corrected chi connectivity index (χ4v) is 2.18. The number of anilines is 1. The Balaban J connectivity index is 2.67. The third-order valence-electron chi connectivity index (χ3n) is 3.08. The van der Waals surface area contributed by atoms with Crippen molar-refractivity contribution in [2.75, 3.05) is 12.4 Å². The molecule has 2 atom stereocenters. The molecule has 1 unspecified atom stereocenters. The van der Waals surface area contributed by atoms with Crippen molar-refractivity contribution in [3.63, 3.8) is 0 Å². The van der Waals surface area contributed by atoms with Crippen LogP contribution < -0.4 is 10.6 Å². The molecule has 0 aromatic heterocycles. The Morgan fingerprint density at radius 2 is 1.95 bits per heavy atom. The Bertz CT molecular complexity index is 538. The van der Waals surface area contributed by atoms with Gasteiger partial charge in [0, 0.05) is 5.69 Å². The van der Waals surface area contributed by atoms with Crippen molar-refractivity contribution < 1.29 is 14.3 Å². The van der Waals surface area contributed by atoms with Gasteiger partial charge in [-0.1, -0.05) is 36.5 Å². The predicted octanol–water partition coefficient (Wildman–Crippen LogP) is 3.25. The van der Waals surface area contributed by atoms with Crippen LogP contribution in [0.1, 0.15) is 26.7 Å². The van der Waals surface area contributed by atoms with Gasteiger partial charge in [-0.25, -0.2) is 4.79 Å². The average molecular weight is 347 g/mol. The van der Waals surface area contributed by atoms with E-state index in [1.54, 1.807) is 25.1 Å². The molecule has 22 heavy (non-hydrogen) atoms. The van der Waals surface area contributed by atoms with Gasteiger partial charge in [0.1, 0.15) is 12.1 Å². The first-order valence-electron chi connectivity index (χ1n) is 6.98. The minimum Gasteiger partial charge on any atom is -0.467 e. The standard InChI is InChI=1S/C15H20Cl2N2O3/c1-4-5-13(15(21)22-3)19-14(20)9(2)18-10-6-7-11(16)12(17)8-10/h6-9,13,18H,4-5H2,1-3H3,(H,19,20)/t9?,13-/m0/s1. The summed E-state index contributed by atoms with van der Waals surface area (Å²) in [5, 5.41) is 6.53. The van der Waals surface area contributed by atoms with Crippen molar-refractivity contribution in [1.29, 1.82) is 0 Å². The fraction of sp³-hybridized carbons (Fsp3) is 0.467. The largest absolute Gasteiger partial charge is 0.467 e. The lowest BCUT2D eigenvalue weighted by Gasteiger charge is -2.20. The van der Waals surface area contributed by atoms with Crippen molar-refractivity contribution in [1.82, 2.24) is 5.32 Å². The van der Waals surface area contributed by atoms with Crippen LogP contribution in [-0.4, -0.2) is 31.1 Å². The zero-order valence-electron chi connectivity index (χ0n) is 12.8. The number of esters is 1. The lowest BCUT2D eigenvalue weighted by atomic mass is 10.1. The van der Waals surface area contributed by atoms with Crippen LogP contribution in [-0.2, 0) is 14.3 Å². The molecule has 0 heterocycles. The summed E-state index contributed by atoms with van der Waals surface area (Å²) in [6.07, 6.45) is 1.28. The van der Waals surface area contributed by atoms with Crippen molar-refractivity contribution in [3.8, 4) is 0 Å². The van der Waals surface area contributed by atoms with E-state index in [0.29, 0.717) is 22.2 Å². The van der Waals surface area contributed by atoms with Crippen molar-refractivity contribution >= 4 is 40.8 Å². The molecule has 2 N–H and O–H groups in total. The van der Waals surface area contributed by atoms with Crippen molar-refractivity contribution in [2.24, 2.45) is 0 Å². The molecule has 0 aliphatic rings. The van der Waals surface area contributed by atoms with Crippen LogP contribution in [0.3, 0.4) is 0 Å². The third-order valence-corrected chi connectivity index (χ3v) is 3.81. The zero-order chi connectivity index (χ0) is 16.7. The number of hydrogen-bond donors (Lipinski definition) is 2. The Hall–Kier alpha value is -1.46. The minimum absolute atomic E-state index is 0.296. The van der Waals surface area contributed by atoms with E-state index in [-0.39, 0.29) is 5.91 Å². The minimum atomic E-state index is -0.638. The van der Waals surface area contributed by atoms with E-state index in [9.17, 15) is 9.59 Å². The lowest BCUT2D eigenvalue weighted by Crippen LogP contribution is -2.47. The van der Waals surface area contributed by atoms with Gasteiger partial charge >= 0.3 is 5.97 Å². The normalized spacial score (nSPS) is 13.1. The van der Waals surface area contributed by atoms with Gasteiger partial charge in [-0.2, -0.15) is 0 Å². The predicted molar refractivity (Wildman–Crippen MR) is 88.4 cm³/mol. The van der Waals surface area contributed by atoms with Crippen LogP contribution in [0, 0.1) is 0 Å². The molecule has 7 heteroatoms. The SMILES string of the molecule is CCC[C@H](NC(=O)C(C)Nc1ccc(Cl)c(Cl)c1)C(=O)OC. The highest BCUT2D eigenvalue weighted by Crippen LogP contribution is 2.25. The lowest BCUT2D eigenvalue weighted by molar-refractivity contribution is -0.145. The second kappa shape index (κ2) is 8.86. The topological polar surface area (TPSA) is 67.4 Å². The van der Waals surface area contributed by atoms with Crippen LogP contribution >= 0.6 is 23.2 Å². The summed E-state index contributed by atoms with van der Waals surface area (Å²) in [5.74, 6) is -0.744. The molecular weight excluding hydrogens is 327 g/mol. The number of ether oxygens (including phenoxy) is 1. The van der Waals surface area contributed by atoms with E-state index in [2.05, 4.69) is 15.4 Å². The summed E-state index contributed by atoms with van der Waals surface area (Å²) in [5.41, 5.74) is 0.669. The smallest absolute Gasteiger partial charge is 0.328 e. The number of halogens is 2. The van der Waals surface area contributed by atoms with E-state index < -0.39 is 18.1 Å². The van der Waals surface area contributed by atoms with E-state index >= 15 is 0 Å². The summed E-state index contributed by atoms with van der Waals surface area (Å²) in [4.78, 5) is 23.8. The molecule has 0 bridgehead atoms. The quantitative estimate of drug-likeness (QED) is 0.743. The highest BCUT2D eigenvalue weighted by molar-refractivity contribution is 6.42. The summed E-state index contributed by atoms with van der Waals surface area (Å²) >= 11 is 11.8. The first kappa shape index (κ1) is 18.6. The molecule has 0 fully saturated rings. The van der Waals surface area contributed by atoms with E-state index in [4.69, 9.17) is 23.2 Å². The molecule has 0 spiro atoms. The van der Waals surface area contributed by atoms with Crippen LogP contribution in [0.4, 0.5) is 5.69 Å². The Labute approximate surface area is 140 Å². The molecular formula is C15H20Cl2N2O3. The molecule has 1 aromatic carbocycles. The van der Waals surface area contributed by atoms with Gasteiger partial charge in [-0.15, -0.1) is 0 Å². The number of amides is 1. The summed E-state index contributed by atoms with van der Waals surface area (Å²) in [6.45, 7) is 3.62. The van der Waals surface area contributed by atoms with E-state index in [0.717, 1.165) is 6.42 Å².